The normalized spacial score (nSPS) is 13.7. The van der Waals surface area contributed by atoms with Gasteiger partial charge in [0.25, 0.3) is 11.8 Å². The third-order valence-electron chi connectivity index (χ3n) is 7.23. The van der Waals surface area contributed by atoms with E-state index >= 15 is 0 Å². The molecule has 40 heavy (non-hydrogen) atoms. The van der Waals surface area contributed by atoms with Crippen molar-refractivity contribution < 1.29 is 28.3 Å². The monoisotopic (exact) mass is 550 g/mol. The van der Waals surface area contributed by atoms with Crippen LogP contribution in [0.4, 0.5) is 9.18 Å². The molecule has 2 amide bonds. The first-order valence-corrected chi connectivity index (χ1v) is 13.3. The number of nitrogens with zero attached hydrogens (tertiary/aromatic N) is 4. The Kier molecular flexibility index (Phi) is 8.39. The van der Waals surface area contributed by atoms with Crippen LogP contribution >= 0.6 is 0 Å². The molecule has 0 bridgehead atoms. The zero-order valence-electron chi connectivity index (χ0n) is 23.7. The van der Waals surface area contributed by atoms with Crippen LogP contribution in [0.2, 0.25) is 0 Å². The molecule has 2 aromatic carbocycles. The van der Waals surface area contributed by atoms with E-state index in [4.69, 9.17) is 4.74 Å². The number of hydrogen-bond donors (Lipinski definition) is 0. The van der Waals surface area contributed by atoms with Gasteiger partial charge in [-0.1, -0.05) is 12.1 Å². The van der Waals surface area contributed by atoms with Gasteiger partial charge in [-0.2, -0.15) is 0 Å². The van der Waals surface area contributed by atoms with Crippen LogP contribution in [-0.4, -0.2) is 82.3 Å². The average molecular weight is 551 g/mol. The molecule has 0 radical (unpaired) electrons. The fourth-order valence-corrected chi connectivity index (χ4v) is 5.05. The predicted octanol–water partition coefficient (Wildman–Crippen LogP) is 4.31. The Morgan fingerprint density at radius 2 is 1.73 bits per heavy atom. The van der Waals surface area contributed by atoms with E-state index in [1.165, 1.54) is 47.8 Å². The Labute approximate surface area is 233 Å². The highest BCUT2D eigenvalue weighted by atomic mass is 19.1. The van der Waals surface area contributed by atoms with E-state index in [2.05, 4.69) is 18.7 Å². The summed E-state index contributed by atoms with van der Waals surface area (Å²) < 4.78 is 20.1. The molecular weight excluding hydrogens is 515 g/mol. The van der Waals surface area contributed by atoms with Crippen molar-refractivity contribution in [2.45, 2.75) is 52.9 Å². The van der Waals surface area contributed by atoms with Crippen molar-refractivity contribution in [1.82, 2.24) is 19.3 Å². The summed E-state index contributed by atoms with van der Waals surface area (Å²) in [5, 5.41) is 0.423. The molecule has 0 saturated heterocycles. The minimum absolute atomic E-state index is 0.139. The Morgan fingerprint density at radius 1 is 1.05 bits per heavy atom. The van der Waals surface area contributed by atoms with Crippen molar-refractivity contribution in [2.24, 2.45) is 0 Å². The van der Waals surface area contributed by atoms with Gasteiger partial charge in [0, 0.05) is 50.2 Å². The molecule has 0 aliphatic carbocycles. The van der Waals surface area contributed by atoms with Crippen LogP contribution in [0.5, 0.6) is 0 Å². The zero-order chi connectivity index (χ0) is 29.3. The highest BCUT2D eigenvalue weighted by molar-refractivity contribution is 6.43. The Bertz CT molecular complexity index is 1460. The lowest BCUT2D eigenvalue weighted by Gasteiger charge is -2.33. The molecule has 10 heteroatoms. The molecule has 0 unspecified atom stereocenters. The number of aromatic nitrogens is 1. The maximum absolute atomic E-state index is 13.9. The maximum Gasteiger partial charge on any atom is 0.418 e. The topological polar surface area (TPSA) is 92.2 Å². The lowest BCUT2D eigenvalue weighted by Crippen LogP contribution is -2.44. The van der Waals surface area contributed by atoms with E-state index in [9.17, 15) is 23.6 Å². The summed E-state index contributed by atoms with van der Waals surface area (Å²) >= 11 is 0. The first-order valence-electron chi connectivity index (χ1n) is 13.3. The van der Waals surface area contributed by atoms with Crippen LogP contribution in [0, 0.1) is 5.82 Å². The number of amides is 2. The highest BCUT2D eigenvalue weighted by Gasteiger charge is 2.39. The van der Waals surface area contributed by atoms with Crippen molar-refractivity contribution in [1.29, 1.82) is 0 Å². The van der Waals surface area contributed by atoms with Crippen molar-refractivity contribution in [3.63, 3.8) is 0 Å². The first kappa shape index (κ1) is 28.9. The number of likely N-dealkylation sites (N-methyl/N-ethyl adjacent to an activating group) is 1. The molecule has 1 aromatic heterocycles. The lowest BCUT2D eigenvalue weighted by molar-refractivity contribution is -0.124. The maximum atomic E-state index is 13.9. The van der Waals surface area contributed by atoms with Crippen LogP contribution in [0.3, 0.4) is 0 Å². The smallest absolute Gasteiger partial charge is 0.418 e. The molecule has 0 saturated carbocycles. The quantitative estimate of drug-likeness (QED) is 0.291. The number of halogens is 1. The number of ether oxygens (including phenoxy) is 1. The number of hydrogen-bond acceptors (Lipinski definition) is 6. The second kappa shape index (κ2) is 11.6. The number of rotatable bonds is 9. The molecule has 1 aliphatic heterocycles. The van der Waals surface area contributed by atoms with E-state index < -0.39 is 17.8 Å². The number of carbonyl (C=O) groups excluding carboxylic acids is 4. The molecular formula is C30H35FN4O5. The average Bonchev–Trinajstić information content (AvgIpc) is 3.42. The molecule has 0 fully saturated rings. The summed E-state index contributed by atoms with van der Waals surface area (Å²) in [6.45, 7) is 9.25. The molecule has 9 nitrogen and oxygen atoms in total. The van der Waals surface area contributed by atoms with Gasteiger partial charge >= 0.3 is 6.09 Å². The predicted molar refractivity (Wildman–Crippen MR) is 149 cm³/mol. The summed E-state index contributed by atoms with van der Waals surface area (Å²) in [5.74, 6) is -1.94. The van der Waals surface area contributed by atoms with E-state index in [0.717, 1.165) is 5.56 Å². The van der Waals surface area contributed by atoms with Gasteiger partial charge in [0.15, 0.2) is 0 Å². The second-order valence-corrected chi connectivity index (χ2v) is 10.5. The number of fused-ring (bicyclic) bond motifs is 3. The van der Waals surface area contributed by atoms with Crippen molar-refractivity contribution in [3.05, 3.63) is 70.7 Å². The summed E-state index contributed by atoms with van der Waals surface area (Å²) in [4.78, 5) is 57.1. The standard InChI is InChI=1S/C30H35FN4O5/c1-7-40-30(39)35-24-13-10-21(27(36)29(38)32(5)6)14-23(24)26-25(35)17-34(28(26)37)19(4)15-33(18(2)3)16-20-8-11-22(31)12-9-20/h8-14,18-19H,7,15-17H2,1-6H3/t19-/m1/s1. The van der Waals surface area contributed by atoms with E-state index in [1.54, 1.807) is 30.0 Å². The molecule has 2 heterocycles. The Balaban J connectivity index is 1.68. The van der Waals surface area contributed by atoms with Crippen LogP contribution in [-0.2, 0) is 22.6 Å². The van der Waals surface area contributed by atoms with E-state index in [1.807, 2.05) is 6.92 Å². The van der Waals surface area contributed by atoms with Gasteiger partial charge in [0.05, 0.1) is 29.9 Å². The Morgan fingerprint density at radius 3 is 2.33 bits per heavy atom. The van der Waals surface area contributed by atoms with Crippen LogP contribution in [0.25, 0.3) is 10.9 Å². The van der Waals surface area contributed by atoms with Crippen LogP contribution in [0.1, 0.15) is 59.7 Å². The number of Topliss-reactive ketones (excluding diaryl/α,β-unsaturated/α-hetero) is 1. The molecule has 0 spiro atoms. The molecule has 212 valence electrons. The largest absolute Gasteiger partial charge is 0.449 e. The third kappa shape index (κ3) is 5.49. The first-order chi connectivity index (χ1) is 18.9. The molecule has 0 N–H and O–H groups in total. The highest BCUT2D eigenvalue weighted by Crippen LogP contribution is 2.35. The van der Waals surface area contributed by atoms with Gasteiger partial charge in [-0.3, -0.25) is 19.3 Å². The van der Waals surface area contributed by atoms with Gasteiger partial charge < -0.3 is 14.5 Å². The van der Waals surface area contributed by atoms with Crippen LogP contribution < -0.4 is 0 Å². The fraction of sp³-hybridized carbons (Fsp3) is 0.400. The van der Waals surface area contributed by atoms with Crippen LogP contribution in [0.15, 0.2) is 42.5 Å². The third-order valence-corrected chi connectivity index (χ3v) is 7.23. The fourth-order valence-electron chi connectivity index (χ4n) is 5.05. The minimum Gasteiger partial charge on any atom is -0.449 e. The van der Waals surface area contributed by atoms with Gasteiger partial charge in [0.1, 0.15) is 5.82 Å². The second-order valence-electron chi connectivity index (χ2n) is 10.5. The summed E-state index contributed by atoms with van der Waals surface area (Å²) in [5.41, 5.74) is 2.36. The number of benzene rings is 2. The number of carbonyl (C=O) groups is 4. The summed E-state index contributed by atoms with van der Waals surface area (Å²) in [6, 6.07) is 10.9. The van der Waals surface area contributed by atoms with E-state index in [0.29, 0.717) is 35.2 Å². The summed E-state index contributed by atoms with van der Waals surface area (Å²) in [6.07, 6.45) is -0.611. The zero-order valence-corrected chi connectivity index (χ0v) is 23.7. The van der Waals surface area contributed by atoms with Crippen molar-refractivity contribution in [3.8, 4) is 0 Å². The molecule has 3 aromatic rings. The van der Waals surface area contributed by atoms with Crippen molar-refractivity contribution >= 4 is 34.6 Å². The van der Waals surface area contributed by atoms with Crippen molar-refractivity contribution in [2.75, 3.05) is 27.2 Å². The molecule has 4 rings (SSSR count). The van der Waals surface area contributed by atoms with Gasteiger partial charge in [-0.05, 0) is 63.6 Å². The summed E-state index contributed by atoms with van der Waals surface area (Å²) in [7, 11) is 2.99. The van der Waals surface area contributed by atoms with Gasteiger partial charge in [0.2, 0.25) is 5.78 Å². The SMILES string of the molecule is CCOC(=O)n1c2c(c3cc(C(=O)C(=O)N(C)C)ccc31)C(=O)N([C@H](C)CN(Cc1ccc(F)cc1)C(C)C)C2. The number of ketones is 1. The molecule has 1 atom stereocenters. The van der Waals surface area contributed by atoms with Gasteiger partial charge in [-0.15, -0.1) is 0 Å². The lowest BCUT2D eigenvalue weighted by atomic mass is 10.0. The van der Waals surface area contributed by atoms with Gasteiger partial charge in [-0.25, -0.2) is 13.8 Å². The minimum atomic E-state index is -0.700. The van der Waals surface area contributed by atoms with E-state index in [-0.39, 0.29) is 42.5 Å². The Hall–Kier alpha value is -4.05. The molecule has 1 aliphatic rings.